The number of benzene rings is 11. The molecule has 1 heterocycles. The molecule has 2 nitrogen and oxygen atoms in total. The molecule has 0 amide bonds. The Balaban J connectivity index is 1.03. The van der Waals surface area contributed by atoms with Crippen LogP contribution in [0.3, 0.4) is 0 Å². The summed E-state index contributed by atoms with van der Waals surface area (Å²) < 4.78 is 7.27. The molecule has 1 unspecified atom stereocenters. The van der Waals surface area contributed by atoms with Gasteiger partial charge >= 0.3 is 0 Å². The normalized spacial score (nSPS) is 15.5. The van der Waals surface area contributed by atoms with Crippen LogP contribution in [0.15, 0.2) is 243 Å². The summed E-state index contributed by atoms with van der Waals surface area (Å²) in [5.74, 6) is 1.85. The van der Waals surface area contributed by atoms with E-state index in [0.29, 0.717) is 0 Å². The van der Waals surface area contributed by atoms with Crippen LogP contribution in [0.25, 0.3) is 54.9 Å². The van der Waals surface area contributed by atoms with Gasteiger partial charge in [-0.2, -0.15) is 0 Å². The Morgan fingerprint density at radius 1 is 0.343 bits per heavy atom. The first-order valence-corrected chi connectivity index (χ1v) is 23.3. The van der Waals surface area contributed by atoms with Crippen molar-refractivity contribution in [2.45, 2.75) is 17.8 Å². The van der Waals surface area contributed by atoms with Crippen molar-refractivity contribution in [1.29, 1.82) is 0 Å². The summed E-state index contributed by atoms with van der Waals surface area (Å²) in [5.41, 5.74) is 18.6. The highest BCUT2D eigenvalue weighted by atomic mass is 16.5. The summed E-state index contributed by atoms with van der Waals surface area (Å²) in [5, 5.41) is 4.55. The minimum Gasteiger partial charge on any atom is -0.455 e. The van der Waals surface area contributed by atoms with Gasteiger partial charge in [-0.25, -0.2) is 0 Å². The number of hydrogen-bond donors (Lipinski definition) is 0. The maximum Gasteiger partial charge on any atom is 0.140 e. The van der Waals surface area contributed by atoms with E-state index in [9.17, 15) is 0 Å². The molecule has 1 aliphatic heterocycles. The largest absolute Gasteiger partial charge is 0.455 e. The lowest BCUT2D eigenvalue weighted by atomic mass is 9.65. The van der Waals surface area contributed by atoms with Crippen LogP contribution >= 0.6 is 0 Å². The highest BCUT2D eigenvalue weighted by Crippen LogP contribution is 2.65. The highest BCUT2D eigenvalue weighted by Gasteiger charge is 2.52. The topological polar surface area (TPSA) is 12.5 Å². The zero-order valence-electron chi connectivity index (χ0n) is 36.9. The van der Waals surface area contributed by atoms with E-state index < -0.39 is 5.41 Å². The van der Waals surface area contributed by atoms with Crippen molar-refractivity contribution in [2.75, 3.05) is 4.90 Å². The smallest absolute Gasteiger partial charge is 0.140 e. The molecule has 3 aliphatic rings. The number of para-hydroxylation sites is 2. The van der Waals surface area contributed by atoms with Gasteiger partial charge in [-0.15, -0.1) is 0 Å². The molecule has 67 heavy (non-hydrogen) atoms. The van der Waals surface area contributed by atoms with Crippen LogP contribution in [-0.4, -0.2) is 0 Å². The van der Waals surface area contributed by atoms with Gasteiger partial charge in [0.25, 0.3) is 0 Å². The van der Waals surface area contributed by atoms with Gasteiger partial charge in [0, 0.05) is 44.3 Å². The van der Waals surface area contributed by atoms with Gasteiger partial charge in [-0.3, -0.25) is 0 Å². The standard InChI is InChI=1S/C65H43NO/c1-64(44-21-4-2-5-22-44)54-31-15-12-27-49(54)50-38-37-46(41-59(50)64)66(45-23-6-3-7-24-45)60-34-17-14-28-51(60)52-30-18-33-56-61(52)53-29-13-16-32-55(53)65(56)57-39-35-42-19-8-10-25-47(42)62(57)67-63-48-26-11-9-20-43(48)36-40-58(63)65/h2-41H,1H3. The third-order valence-corrected chi connectivity index (χ3v) is 15.2. The molecule has 314 valence electrons. The quantitative estimate of drug-likeness (QED) is 0.171. The van der Waals surface area contributed by atoms with E-state index in [1.807, 2.05) is 0 Å². The van der Waals surface area contributed by atoms with Crippen molar-refractivity contribution in [1.82, 2.24) is 0 Å². The summed E-state index contributed by atoms with van der Waals surface area (Å²) >= 11 is 0. The Morgan fingerprint density at radius 2 is 0.881 bits per heavy atom. The third-order valence-electron chi connectivity index (χ3n) is 15.2. The van der Waals surface area contributed by atoms with Gasteiger partial charge in [0.05, 0.1) is 11.1 Å². The summed E-state index contributed by atoms with van der Waals surface area (Å²) in [7, 11) is 0. The predicted octanol–water partition coefficient (Wildman–Crippen LogP) is 16.9. The van der Waals surface area contributed by atoms with Gasteiger partial charge in [-0.05, 0) is 104 Å². The van der Waals surface area contributed by atoms with Crippen LogP contribution in [0.2, 0.25) is 0 Å². The fourth-order valence-corrected chi connectivity index (χ4v) is 12.3. The van der Waals surface area contributed by atoms with Crippen LogP contribution in [0.4, 0.5) is 17.1 Å². The maximum atomic E-state index is 7.27. The summed E-state index contributed by atoms with van der Waals surface area (Å²) in [6.07, 6.45) is 0. The highest BCUT2D eigenvalue weighted by molar-refractivity contribution is 6.04. The fourth-order valence-electron chi connectivity index (χ4n) is 12.3. The molecule has 11 aromatic rings. The molecule has 11 aromatic carbocycles. The molecule has 0 aromatic heterocycles. The Labute approximate surface area is 390 Å². The number of nitrogens with zero attached hydrogens (tertiary/aromatic N) is 1. The predicted molar refractivity (Wildman–Crippen MR) is 276 cm³/mol. The van der Waals surface area contributed by atoms with Gasteiger partial charge < -0.3 is 9.64 Å². The van der Waals surface area contributed by atoms with Crippen molar-refractivity contribution in [2.24, 2.45) is 0 Å². The van der Waals surface area contributed by atoms with Crippen molar-refractivity contribution in [3.05, 3.63) is 282 Å². The van der Waals surface area contributed by atoms with Gasteiger partial charge in [-0.1, -0.05) is 212 Å². The summed E-state index contributed by atoms with van der Waals surface area (Å²) in [6.45, 7) is 2.40. The molecular formula is C65H43NO. The monoisotopic (exact) mass is 853 g/mol. The molecule has 2 aliphatic carbocycles. The molecule has 14 rings (SSSR count). The average Bonchev–Trinajstić information content (AvgIpc) is 3.84. The van der Waals surface area contributed by atoms with E-state index in [0.717, 1.165) is 66.8 Å². The third kappa shape index (κ3) is 5.16. The summed E-state index contributed by atoms with van der Waals surface area (Å²) in [6, 6.07) is 89.6. The number of fused-ring (bicyclic) bond motifs is 16. The lowest BCUT2D eigenvalue weighted by molar-refractivity contribution is 0.447. The second kappa shape index (κ2) is 14.3. The van der Waals surface area contributed by atoms with E-state index in [1.54, 1.807) is 0 Å². The Kier molecular flexibility index (Phi) is 8.06. The minimum atomic E-state index is -0.649. The van der Waals surface area contributed by atoms with Crippen LogP contribution in [0.1, 0.15) is 45.9 Å². The Bertz CT molecular complexity index is 3730. The van der Waals surface area contributed by atoms with Crippen LogP contribution in [-0.2, 0) is 10.8 Å². The van der Waals surface area contributed by atoms with Crippen molar-refractivity contribution in [3.8, 4) is 44.9 Å². The molecule has 0 fully saturated rings. The van der Waals surface area contributed by atoms with E-state index >= 15 is 0 Å². The second-order valence-corrected chi connectivity index (χ2v) is 18.4. The Hall–Kier alpha value is -8.46. The first-order chi connectivity index (χ1) is 33.1. The molecule has 0 saturated carbocycles. The van der Waals surface area contributed by atoms with Gasteiger partial charge in [0.15, 0.2) is 0 Å². The number of rotatable bonds is 5. The first-order valence-electron chi connectivity index (χ1n) is 23.3. The zero-order valence-corrected chi connectivity index (χ0v) is 36.9. The average molecular weight is 854 g/mol. The van der Waals surface area contributed by atoms with Crippen molar-refractivity contribution >= 4 is 38.6 Å². The van der Waals surface area contributed by atoms with Gasteiger partial charge in [0.2, 0.25) is 0 Å². The molecule has 2 heteroatoms. The summed E-state index contributed by atoms with van der Waals surface area (Å²) in [4.78, 5) is 2.47. The van der Waals surface area contributed by atoms with E-state index in [-0.39, 0.29) is 5.41 Å². The maximum absolute atomic E-state index is 7.27. The lowest BCUT2D eigenvalue weighted by Gasteiger charge is -2.40. The van der Waals surface area contributed by atoms with Gasteiger partial charge in [0.1, 0.15) is 11.5 Å². The molecule has 0 saturated heterocycles. The fraction of sp³-hybridized carbons (Fsp3) is 0.0462. The molecule has 0 N–H and O–H groups in total. The van der Waals surface area contributed by atoms with E-state index in [4.69, 9.17) is 4.74 Å². The molecule has 0 radical (unpaired) electrons. The van der Waals surface area contributed by atoms with Crippen LogP contribution < -0.4 is 9.64 Å². The molecule has 1 atom stereocenters. The molecular weight excluding hydrogens is 811 g/mol. The molecule has 0 bridgehead atoms. The van der Waals surface area contributed by atoms with Crippen molar-refractivity contribution in [3.63, 3.8) is 0 Å². The van der Waals surface area contributed by atoms with Crippen LogP contribution in [0, 0.1) is 0 Å². The number of hydrogen-bond acceptors (Lipinski definition) is 2. The lowest BCUT2D eigenvalue weighted by Crippen LogP contribution is -2.32. The number of anilines is 3. The van der Waals surface area contributed by atoms with E-state index in [1.165, 1.54) is 55.6 Å². The van der Waals surface area contributed by atoms with Crippen molar-refractivity contribution < 1.29 is 4.74 Å². The minimum absolute atomic E-state index is 0.337. The SMILES string of the molecule is CC1(c2ccccc2)c2ccccc2-c2ccc(N(c3ccccc3)c3ccccc3-c3cccc4c3-c3ccccc3C43c4ccc5ccccc5c4Oc4c3ccc3ccccc43)cc21. The molecule has 1 spiro atoms. The Morgan fingerprint density at radius 3 is 1.60 bits per heavy atom. The zero-order chi connectivity index (χ0) is 44.3. The number of ether oxygens (including phenoxy) is 1. The first kappa shape index (κ1) is 37.9. The second-order valence-electron chi connectivity index (χ2n) is 18.4. The van der Waals surface area contributed by atoms with Crippen LogP contribution in [0.5, 0.6) is 11.5 Å². The van der Waals surface area contributed by atoms with E-state index in [2.05, 4.69) is 254 Å².